The number of carbonyl (C=O) groups excluding carboxylic acids is 3. The van der Waals surface area contributed by atoms with Gasteiger partial charge >= 0.3 is 18.0 Å². The highest BCUT2D eigenvalue weighted by atomic mass is 16.6. The van der Waals surface area contributed by atoms with Gasteiger partial charge < -0.3 is 19.1 Å². The van der Waals surface area contributed by atoms with Crippen molar-refractivity contribution in [3.63, 3.8) is 0 Å². The maximum atomic E-state index is 12.8. The summed E-state index contributed by atoms with van der Waals surface area (Å²) in [7, 11) is 1.27. The molecule has 9 heteroatoms. The normalized spacial score (nSPS) is 11.4. The van der Waals surface area contributed by atoms with Gasteiger partial charge in [0.15, 0.2) is 0 Å². The first-order valence-electron chi connectivity index (χ1n) is 24.0. The molecule has 0 aliphatic carbocycles. The van der Waals surface area contributed by atoms with E-state index in [1.807, 2.05) is 0 Å². The van der Waals surface area contributed by atoms with Crippen LogP contribution in [0.1, 0.15) is 239 Å². The van der Waals surface area contributed by atoms with Crippen LogP contribution in [0, 0.1) is 0 Å². The fourth-order valence-electron chi connectivity index (χ4n) is 7.38. The third-order valence-corrected chi connectivity index (χ3v) is 11.0. The average Bonchev–Trinajstić information content (AvgIpc) is 3.19. The topological polar surface area (TPSA) is 106 Å². The third-order valence-electron chi connectivity index (χ3n) is 11.0. The van der Waals surface area contributed by atoms with E-state index in [0.29, 0.717) is 30.9 Å². The lowest BCUT2D eigenvalue weighted by atomic mass is 10.0. The zero-order chi connectivity index (χ0) is 41.2. The molecule has 9 nitrogen and oxygen atoms in total. The first kappa shape index (κ1) is 54.1. The zero-order valence-electron chi connectivity index (χ0n) is 37.4. The van der Waals surface area contributed by atoms with E-state index in [-0.39, 0.29) is 24.6 Å². The quantitative estimate of drug-likeness (QED) is 0.0214. The smallest absolute Gasteiger partial charge is 0.433 e. The number of carbonyl (C=O) groups is 3. The van der Waals surface area contributed by atoms with Gasteiger partial charge in [0.2, 0.25) is 0 Å². The molecular formula is C47H92N2O7. The molecule has 0 spiro atoms. The summed E-state index contributed by atoms with van der Waals surface area (Å²) in [5.74, 6) is -0.0695. The second-order valence-electron chi connectivity index (χ2n) is 16.4. The predicted octanol–water partition coefficient (Wildman–Crippen LogP) is 13.5. The Bertz CT molecular complexity index is 857. The molecule has 0 aliphatic rings. The lowest BCUT2D eigenvalue weighted by Crippen LogP contribution is -2.33. The van der Waals surface area contributed by atoms with Crippen molar-refractivity contribution < 1.29 is 33.8 Å². The van der Waals surface area contributed by atoms with Crippen LogP contribution < -0.4 is 0 Å². The summed E-state index contributed by atoms with van der Waals surface area (Å²) in [6, 6.07) is 0. The van der Waals surface area contributed by atoms with Crippen LogP contribution in [-0.4, -0.2) is 79.2 Å². The molecular weight excluding hydrogens is 705 g/mol. The Balaban J connectivity index is 4.37. The van der Waals surface area contributed by atoms with Gasteiger partial charge in [-0.15, -0.1) is 0 Å². The van der Waals surface area contributed by atoms with Crippen molar-refractivity contribution >= 4 is 18.0 Å². The van der Waals surface area contributed by atoms with Crippen LogP contribution >= 0.6 is 0 Å². The maximum absolute atomic E-state index is 12.8. The van der Waals surface area contributed by atoms with Crippen LogP contribution in [0.15, 0.2) is 0 Å². The predicted molar refractivity (Wildman–Crippen MR) is 232 cm³/mol. The number of ether oxygens (including phenoxy) is 3. The molecule has 332 valence electrons. The van der Waals surface area contributed by atoms with E-state index in [2.05, 4.69) is 30.4 Å². The van der Waals surface area contributed by atoms with Gasteiger partial charge in [0.25, 0.3) is 0 Å². The van der Waals surface area contributed by atoms with Gasteiger partial charge in [0.05, 0.1) is 20.3 Å². The van der Waals surface area contributed by atoms with Gasteiger partial charge in [-0.3, -0.25) is 14.8 Å². The van der Waals surface area contributed by atoms with Crippen molar-refractivity contribution in [2.24, 2.45) is 0 Å². The number of hydrogen-bond acceptors (Lipinski definition) is 8. The Morgan fingerprint density at radius 1 is 0.464 bits per heavy atom. The first-order valence-corrected chi connectivity index (χ1v) is 24.0. The van der Waals surface area contributed by atoms with E-state index >= 15 is 0 Å². The molecule has 0 saturated carbocycles. The number of methoxy groups -OCH3 is 1. The second kappa shape index (κ2) is 42.7. The molecule has 0 fully saturated rings. The SMILES string of the molecule is CCCCCCCCCOC(=O)CCCCCCCN(CCCCCCCC(=O)OC(CCCCCCCC)CCCCCCCC)CCCN(O)C(=O)OC. The van der Waals surface area contributed by atoms with Gasteiger partial charge in [0, 0.05) is 12.8 Å². The Morgan fingerprint density at radius 3 is 1.34 bits per heavy atom. The van der Waals surface area contributed by atoms with Crippen LogP contribution in [0.25, 0.3) is 0 Å². The molecule has 0 atom stereocenters. The number of rotatable bonds is 43. The molecule has 1 amide bonds. The van der Waals surface area contributed by atoms with Crippen molar-refractivity contribution in [2.45, 2.75) is 245 Å². The molecule has 0 aliphatic heterocycles. The maximum Gasteiger partial charge on any atom is 0.433 e. The lowest BCUT2D eigenvalue weighted by Gasteiger charge is -2.23. The highest BCUT2D eigenvalue weighted by Gasteiger charge is 2.15. The Labute approximate surface area is 346 Å². The third kappa shape index (κ3) is 37.7. The van der Waals surface area contributed by atoms with Crippen LogP contribution in [0.3, 0.4) is 0 Å². The van der Waals surface area contributed by atoms with Crippen LogP contribution in [0.4, 0.5) is 4.79 Å². The summed E-state index contributed by atoms with van der Waals surface area (Å²) >= 11 is 0. The summed E-state index contributed by atoms with van der Waals surface area (Å²) in [6.07, 6.45) is 37.3. The highest BCUT2D eigenvalue weighted by molar-refractivity contribution is 5.69. The lowest BCUT2D eigenvalue weighted by molar-refractivity contribution is -0.150. The van der Waals surface area contributed by atoms with Crippen LogP contribution in [-0.2, 0) is 23.8 Å². The summed E-state index contributed by atoms with van der Waals surface area (Å²) in [5.41, 5.74) is 0. The van der Waals surface area contributed by atoms with Gasteiger partial charge in [0.1, 0.15) is 6.10 Å². The van der Waals surface area contributed by atoms with Gasteiger partial charge in [-0.25, -0.2) is 4.79 Å². The minimum Gasteiger partial charge on any atom is -0.466 e. The Hall–Kier alpha value is -1.87. The van der Waals surface area contributed by atoms with Crippen LogP contribution in [0.2, 0.25) is 0 Å². The second-order valence-corrected chi connectivity index (χ2v) is 16.4. The summed E-state index contributed by atoms with van der Waals surface area (Å²) in [5, 5.41) is 10.5. The molecule has 0 saturated heterocycles. The zero-order valence-corrected chi connectivity index (χ0v) is 37.4. The highest BCUT2D eigenvalue weighted by Crippen LogP contribution is 2.19. The van der Waals surface area contributed by atoms with Crippen molar-refractivity contribution in [3.05, 3.63) is 0 Å². The molecule has 0 aromatic heterocycles. The van der Waals surface area contributed by atoms with Crippen molar-refractivity contribution in [1.29, 1.82) is 0 Å². The number of hydrogen-bond donors (Lipinski definition) is 1. The van der Waals surface area contributed by atoms with E-state index in [1.165, 1.54) is 103 Å². The molecule has 0 aromatic rings. The van der Waals surface area contributed by atoms with Crippen LogP contribution in [0.5, 0.6) is 0 Å². The fraction of sp³-hybridized carbons (Fsp3) is 0.936. The summed E-state index contributed by atoms with van der Waals surface area (Å²) in [4.78, 5) is 38.9. The molecule has 0 unspecified atom stereocenters. The molecule has 0 heterocycles. The first-order chi connectivity index (χ1) is 27.4. The Morgan fingerprint density at radius 2 is 0.857 bits per heavy atom. The summed E-state index contributed by atoms with van der Waals surface area (Å²) < 4.78 is 16.1. The molecule has 0 radical (unpaired) electrons. The largest absolute Gasteiger partial charge is 0.466 e. The number of unbranched alkanes of at least 4 members (excludes halogenated alkanes) is 24. The molecule has 56 heavy (non-hydrogen) atoms. The van der Waals surface area contributed by atoms with Gasteiger partial charge in [-0.1, -0.05) is 162 Å². The van der Waals surface area contributed by atoms with E-state index in [0.717, 1.165) is 122 Å². The van der Waals surface area contributed by atoms with Gasteiger partial charge in [-0.05, 0) is 83.8 Å². The number of amides is 1. The monoisotopic (exact) mass is 797 g/mol. The molecule has 1 N–H and O–H groups in total. The molecule has 0 rings (SSSR count). The van der Waals surface area contributed by atoms with Crippen molar-refractivity contribution in [2.75, 3.05) is 39.9 Å². The molecule has 0 bridgehead atoms. The Kier molecular flexibility index (Phi) is 41.3. The fourth-order valence-corrected chi connectivity index (χ4v) is 7.38. The van der Waals surface area contributed by atoms with E-state index in [1.54, 1.807) is 0 Å². The van der Waals surface area contributed by atoms with E-state index in [4.69, 9.17) is 9.47 Å². The molecule has 0 aromatic carbocycles. The number of esters is 2. The minimum atomic E-state index is -0.728. The van der Waals surface area contributed by atoms with E-state index < -0.39 is 6.09 Å². The number of nitrogens with zero attached hydrogens (tertiary/aromatic N) is 2. The van der Waals surface area contributed by atoms with E-state index in [9.17, 15) is 19.6 Å². The minimum absolute atomic E-state index is 0.0123. The standard InChI is InChI=1S/C47H92N2O7/c1-5-8-11-14-17-26-33-43-55-45(50)37-29-22-18-24-31-39-48(41-34-42-49(53)47(52)54-4)40-32-25-19-23-30-38-46(51)56-44(35-27-20-15-12-9-6-2)36-28-21-16-13-10-7-3/h44,53H,5-43H2,1-4H3. The van der Waals surface area contributed by atoms with Crippen molar-refractivity contribution in [1.82, 2.24) is 9.96 Å². The number of hydroxylamine groups is 2. The van der Waals surface area contributed by atoms with Gasteiger partial charge in [-0.2, -0.15) is 5.06 Å². The van der Waals surface area contributed by atoms with Crippen molar-refractivity contribution in [3.8, 4) is 0 Å². The average molecular weight is 797 g/mol. The summed E-state index contributed by atoms with van der Waals surface area (Å²) in [6.45, 7) is 10.3.